The van der Waals surface area contributed by atoms with E-state index in [1.54, 1.807) is 0 Å². The fourth-order valence-electron chi connectivity index (χ4n) is 3.97. The molecule has 0 amide bonds. The summed E-state index contributed by atoms with van der Waals surface area (Å²) >= 11 is 0. The average molecular weight is 420 g/mol. The molecule has 0 saturated carbocycles. The van der Waals surface area contributed by atoms with Crippen molar-refractivity contribution in [3.05, 3.63) is 46.1 Å². The molecule has 4 rings (SSSR count). The van der Waals surface area contributed by atoms with Gasteiger partial charge in [0.05, 0.1) is 4.92 Å². The summed E-state index contributed by atoms with van der Waals surface area (Å²) in [6.45, 7) is 4.21. The number of aromatic nitrogens is 2. The van der Waals surface area contributed by atoms with Gasteiger partial charge in [-0.3, -0.25) is 15.2 Å². The minimum absolute atomic E-state index is 0.0227. The van der Waals surface area contributed by atoms with E-state index in [-0.39, 0.29) is 17.4 Å². The maximum Gasteiger partial charge on any atom is 0.289 e. The topological polar surface area (TPSA) is 124 Å². The van der Waals surface area contributed by atoms with E-state index < -0.39 is 20.6 Å². The monoisotopic (exact) mass is 420 g/mol. The average Bonchev–Trinajstić information content (AvgIpc) is 3.25. The molecule has 2 fully saturated rings. The van der Waals surface area contributed by atoms with Crippen molar-refractivity contribution in [2.45, 2.75) is 23.7 Å². The third-order valence-corrected chi connectivity index (χ3v) is 7.44. The number of nitro benzene ring substituents is 1. The molecule has 0 spiro atoms. The normalized spacial score (nSPS) is 21.2. The van der Waals surface area contributed by atoms with Crippen LogP contribution in [0.15, 0.2) is 35.2 Å². The number of anilines is 1. The van der Waals surface area contributed by atoms with Gasteiger partial charge in [-0.2, -0.15) is 9.40 Å². The molecule has 29 heavy (non-hydrogen) atoms. The van der Waals surface area contributed by atoms with Crippen molar-refractivity contribution in [2.75, 3.05) is 44.2 Å². The van der Waals surface area contributed by atoms with E-state index >= 15 is 0 Å². The number of para-hydroxylation sites is 1. The van der Waals surface area contributed by atoms with Crippen LogP contribution in [0.25, 0.3) is 0 Å². The largest absolute Gasteiger partial charge is 0.353 e. The highest BCUT2D eigenvalue weighted by Gasteiger charge is 2.35. The summed E-state index contributed by atoms with van der Waals surface area (Å²) < 4.78 is 27.6. The number of sulfonamides is 1. The molecular formula is C18H24N6O4S. The van der Waals surface area contributed by atoms with Crippen molar-refractivity contribution in [1.29, 1.82) is 0 Å². The van der Waals surface area contributed by atoms with Gasteiger partial charge in [-0.05, 0) is 18.9 Å². The molecule has 2 saturated heterocycles. The van der Waals surface area contributed by atoms with Gasteiger partial charge in [0.1, 0.15) is 0 Å². The highest BCUT2D eigenvalue weighted by molar-refractivity contribution is 7.89. The minimum Gasteiger partial charge on any atom is -0.353 e. The van der Waals surface area contributed by atoms with Crippen LogP contribution in [0.1, 0.15) is 24.5 Å². The number of benzene rings is 1. The SMILES string of the molecule is O=[N+]([O-])c1ccccc1S(=O)(=O)N1CCCC(c2cc(N3CCNCC3)n[nH]2)C1. The third kappa shape index (κ3) is 3.98. The van der Waals surface area contributed by atoms with E-state index in [4.69, 9.17) is 0 Å². The Morgan fingerprint density at radius 3 is 2.69 bits per heavy atom. The molecular weight excluding hydrogens is 396 g/mol. The second-order valence-electron chi connectivity index (χ2n) is 7.35. The Hall–Kier alpha value is -2.50. The molecule has 156 valence electrons. The number of nitrogens with one attached hydrogen (secondary N) is 2. The fraction of sp³-hybridized carbons (Fsp3) is 0.500. The molecule has 0 bridgehead atoms. The zero-order valence-corrected chi connectivity index (χ0v) is 16.8. The number of hydrogen-bond acceptors (Lipinski definition) is 7. The van der Waals surface area contributed by atoms with Gasteiger partial charge in [0.15, 0.2) is 10.7 Å². The van der Waals surface area contributed by atoms with Gasteiger partial charge in [0, 0.05) is 63.0 Å². The summed E-state index contributed by atoms with van der Waals surface area (Å²) in [4.78, 5) is 12.6. The number of rotatable bonds is 5. The van der Waals surface area contributed by atoms with Crippen LogP contribution < -0.4 is 10.2 Å². The van der Waals surface area contributed by atoms with Gasteiger partial charge in [-0.1, -0.05) is 12.1 Å². The van der Waals surface area contributed by atoms with Crippen LogP contribution in [-0.4, -0.2) is 67.1 Å². The Balaban J connectivity index is 1.54. The zero-order chi connectivity index (χ0) is 20.4. The van der Waals surface area contributed by atoms with Crippen LogP contribution in [-0.2, 0) is 10.0 Å². The van der Waals surface area contributed by atoms with Gasteiger partial charge in [-0.15, -0.1) is 0 Å². The molecule has 0 aliphatic carbocycles. The van der Waals surface area contributed by atoms with Crippen molar-refractivity contribution in [2.24, 2.45) is 0 Å². The number of hydrogen-bond donors (Lipinski definition) is 2. The third-order valence-electron chi connectivity index (χ3n) is 5.53. The van der Waals surface area contributed by atoms with Gasteiger partial charge in [0.2, 0.25) is 10.0 Å². The summed E-state index contributed by atoms with van der Waals surface area (Å²) in [5.74, 6) is 0.852. The number of nitro groups is 1. The molecule has 3 heterocycles. The molecule has 1 aromatic carbocycles. The molecule has 1 atom stereocenters. The number of piperazine rings is 1. The standard InChI is InChI=1S/C18H24N6O4S/c25-24(26)16-5-1-2-6-17(16)29(27,28)23-9-3-4-14(13-23)15-12-18(21-20-15)22-10-7-19-8-11-22/h1-2,5-6,12,14,19H,3-4,7-11,13H2,(H,20,21). The molecule has 1 aromatic heterocycles. The first-order chi connectivity index (χ1) is 14.0. The van der Waals surface area contributed by atoms with Gasteiger partial charge >= 0.3 is 0 Å². The lowest BCUT2D eigenvalue weighted by molar-refractivity contribution is -0.387. The molecule has 2 aromatic rings. The predicted molar refractivity (Wildman–Crippen MR) is 108 cm³/mol. The van der Waals surface area contributed by atoms with Gasteiger partial charge in [-0.25, -0.2) is 8.42 Å². The van der Waals surface area contributed by atoms with Crippen LogP contribution in [0.2, 0.25) is 0 Å². The Morgan fingerprint density at radius 1 is 1.17 bits per heavy atom. The van der Waals surface area contributed by atoms with Crippen molar-refractivity contribution >= 4 is 21.5 Å². The summed E-state index contributed by atoms with van der Waals surface area (Å²) in [5, 5.41) is 22.1. The lowest BCUT2D eigenvalue weighted by Gasteiger charge is -2.31. The van der Waals surface area contributed by atoms with Gasteiger partial charge in [0.25, 0.3) is 5.69 Å². The van der Waals surface area contributed by atoms with Crippen molar-refractivity contribution < 1.29 is 13.3 Å². The fourth-order valence-corrected chi connectivity index (χ4v) is 5.65. The number of nitrogens with zero attached hydrogens (tertiary/aromatic N) is 4. The first-order valence-electron chi connectivity index (χ1n) is 9.71. The van der Waals surface area contributed by atoms with Crippen molar-refractivity contribution in [3.8, 4) is 0 Å². The molecule has 2 aliphatic heterocycles. The van der Waals surface area contributed by atoms with E-state index in [2.05, 4.69) is 20.4 Å². The maximum atomic E-state index is 13.1. The second-order valence-corrected chi connectivity index (χ2v) is 9.25. The summed E-state index contributed by atoms with van der Waals surface area (Å²) in [7, 11) is -3.95. The lowest BCUT2D eigenvalue weighted by atomic mass is 9.96. The van der Waals surface area contributed by atoms with Crippen LogP contribution in [0.4, 0.5) is 11.5 Å². The molecule has 0 radical (unpaired) electrons. The molecule has 2 aliphatic rings. The first-order valence-corrected chi connectivity index (χ1v) is 11.2. The van der Waals surface area contributed by atoms with E-state index in [0.29, 0.717) is 13.0 Å². The zero-order valence-electron chi connectivity index (χ0n) is 16.0. The Bertz CT molecular complexity index is 986. The van der Waals surface area contributed by atoms with E-state index in [1.165, 1.54) is 28.6 Å². The van der Waals surface area contributed by atoms with Crippen LogP contribution in [0.5, 0.6) is 0 Å². The van der Waals surface area contributed by atoms with Crippen LogP contribution in [0.3, 0.4) is 0 Å². The smallest absolute Gasteiger partial charge is 0.289 e. The second kappa shape index (κ2) is 8.09. The van der Waals surface area contributed by atoms with E-state index in [0.717, 1.165) is 44.1 Å². The molecule has 2 N–H and O–H groups in total. The summed E-state index contributed by atoms with van der Waals surface area (Å²) in [6, 6.07) is 7.50. The van der Waals surface area contributed by atoms with Crippen molar-refractivity contribution in [3.63, 3.8) is 0 Å². The highest BCUT2D eigenvalue weighted by atomic mass is 32.2. The summed E-state index contributed by atoms with van der Waals surface area (Å²) in [6.07, 6.45) is 1.53. The Kier molecular flexibility index (Phi) is 5.52. The van der Waals surface area contributed by atoms with Crippen LogP contribution >= 0.6 is 0 Å². The minimum atomic E-state index is -3.95. The first kappa shape index (κ1) is 19.8. The van der Waals surface area contributed by atoms with Crippen LogP contribution in [0, 0.1) is 10.1 Å². The maximum absolute atomic E-state index is 13.1. The number of piperidine rings is 1. The van der Waals surface area contributed by atoms with E-state index in [1.807, 2.05) is 6.07 Å². The lowest BCUT2D eigenvalue weighted by Crippen LogP contribution is -2.43. The summed E-state index contributed by atoms with van der Waals surface area (Å²) in [5.41, 5.74) is 0.512. The van der Waals surface area contributed by atoms with Crippen molar-refractivity contribution in [1.82, 2.24) is 19.8 Å². The van der Waals surface area contributed by atoms with E-state index in [9.17, 15) is 18.5 Å². The molecule has 11 heteroatoms. The van der Waals surface area contributed by atoms with Gasteiger partial charge < -0.3 is 10.2 Å². The Labute approximate surface area is 169 Å². The Morgan fingerprint density at radius 2 is 1.93 bits per heavy atom. The highest BCUT2D eigenvalue weighted by Crippen LogP contribution is 2.33. The molecule has 1 unspecified atom stereocenters. The molecule has 10 nitrogen and oxygen atoms in total. The predicted octanol–water partition coefficient (Wildman–Crippen LogP) is 1.30. The number of H-pyrrole nitrogens is 1. The quantitative estimate of drug-likeness (QED) is 0.552. The number of aromatic amines is 1.